The first-order valence-electron chi connectivity index (χ1n) is 7.19. The average molecular weight is 247 g/mol. The fourth-order valence-corrected chi connectivity index (χ4v) is 2.51. The van der Waals surface area contributed by atoms with Gasteiger partial charge in [0, 0.05) is 13.2 Å². The highest BCUT2D eigenvalue weighted by atomic mass is 16.5. The first-order chi connectivity index (χ1) is 8.86. The van der Waals surface area contributed by atoms with Gasteiger partial charge in [0.15, 0.2) is 0 Å². The van der Waals surface area contributed by atoms with E-state index in [0.29, 0.717) is 5.92 Å². The Morgan fingerprint density at radius 3 is 2.83 bits per heavy atom. The monoisotopic (exact) mass is 247 g/mol. The van der Waals surface area contributed by atoms with E-state index in [1.807, 2.05) is 0 Å². The second-order valence-corrected chi connectivity index (χ2v) is 5.37. The largest absolute Gasteiger partial charge is 0.381 e. The van der Waals surface area contributed by atoms with E-state index in [1.54, 1.807) is 0 Å². The summed E-state index contributed by atoms with van der Waals surface area (Å²) in [4.78, 5) is 0. The fraction of sp³-hybridized carbons (Fsp3) is 0.625. The third-order valence-electron chi connectivity index (χ3n) is 3.88. The molecular formula is C16H25NO. The van der Waals surface area contributed by atoms with Crippen LogP contribution in [0.3, 0.4) is 0 Å². The van der Waals surface area contributed by atoms with Crippen LogP contribution in [0.5, 0.6) is 0 Å². The number of nitrogens with one attached hydrogen (secondary N) is 1. The number of hydrogen-bond acceptors (Lipinski definition) is 2. The summed E-state index contributed by atoms with van der Waals surface area (Å²) in [6.45, 7) is 6.50. The van der Waals surface area contributed by atoms with E-state index in [9.17, 15) is 0 Å². The smallest absolute Gasteiger partial charge is 0.0495 e. The van der Waals surface area contributed by atoms with Gasteiger partial charge in [-0.25, -0.2) is 0 Å². The Labute approximate surface area is 111 Å². The third-order valence-corrected chi connectivity index (χ3v) is 3.88. The summed E-state index contributed by atoms with van der Waals surface area (Å²) in [6.07, 6.45) is 3.73. The van der Waals surface area contributed by atoms with Gasteiger partial charge in [-0.1, -0.05) is 37.3 Å². The quantitative estimate of drug-likeness (QED) is 0.747. The lowest BCUT2D eigenvalue weighted by Gasteiger charge is -2.13. The summed E-state index contributed by atoms with van der Waals surface area (Å²) in [5, 5.41) is 3.56. The molecule has 2 heteroatoms. The maximum absolute atomic E-state index is 5.38. The zero-order chi connectivity index (χ0) is 12.6. The van der Waals surface area contributed by atoms with Gasteiger partial charge in [-0.2, -0.15) is 0 Å². The molecule has 0 amide bonds. The molecule has 0 bridgehead atoms. The van der Waals surface area contributed by atoms with Crippen molar-refractivity contribution in [2.45, 2.75) is 32.1 Å². The van der Waals surface area contributed by atoms with Crippen molar-refractivity contribution in [2.24, 2.45) is 5.92 Å². The molecule has 2 unspecified atom stereocenters. The molecule has 0 radical (unpaired) electrons. The van der Waals surface area contributed by atoms with Crippen LogP contribution in [-0.4, -0.2) is 26.3 Å². The van der Waals surface area contributed by atoms with Crippen LogP contribution in [0.2, 0.25) is 0 Å². The molecule has 1 fully saturated rings. The molecule has 1 N–H and O–H groups in total. The van der Waals surface area contributed by atoms with Crippen LogP contribution < -0.4 is 5.32 Å². The van der Waals surface area contributed by atoms with Crippen LogP contribution in [0.25, 0.3) is 0 Å². The normalized spacial score (nSPS) is 21.1. The van der Waals surface area contributed by atoms with Gasteiger partial charge < -0.3 is 10.1 Å². The molecular weight excluding hydrogens is 222 g/mol. The van der Waals surface area contributed by atoms with Crippen molar-refractivity contribution in [3.8, 4) is 0 Å². The highest BCUT2D eigenvalue weighted by molar-refractivity contribution is 5.18. The van der Waals surface area contributed by atoms with Gasteiger partial charge in [-0.15, -0.1) is 0 Å². The van der Waals surface area contributed by atoms with E-state index in [4.69, 9.17) is 4.74 Å². The van der Waals surface area contributed by atoms with Crippen LogP contribution in [-0.2, 0) is 4.74 Å². The van der Waals surface area contributed by atoms with E-state index in [-0.39, 0.29) is 0 Å². The predicted molar refractivity (Wildman–Crippen MR) is 75.9 cm³/mol. The van der Waals surface area contributed by atoms with Gasteiger partial charge in [-0.3, -0.25) is 0 Å². The molecule has 1 saturated heterocycles. The molecule has 0 saturated carbocycles. The second-order valence-electron chi connectivity index (χ2n) is 5.37. The van der Waals surface area contributed by atoms with Gasteiger partial charge in [0.1, 0.15) is 0 Å². The lowest BCUT2D eigenvalue weighted by atomic mass is 9.98. The number of hydrogen-bond donors (Lipinski definition) is 1. The van der Waals surface area contributed by atoms with E-state index in [2.05, 4.69) is 42.6 Å². The molecule has 1 heterocycles. The molecule has 2 rings (SSSR count). The number of benzene rings is 1. The molecule has 2 atom stereocenters. The van der Waals surface area contributed by atoms with Gasteiger partial charge in [0.2, 0.25) is 0 Å². The van der Waals surface area contributed by atoms with Gasteiger partial charge in [-0.05, 0) is 49.8 Å². The van der Waals surface area contributed by atoms with Crippen LogP contribution >= 0.6 is 0 Å². The Bertz CT molecular complexity index is 319. The van der Waals surface area contributed by atoms with Crippen molar-refractivity contribution >= 4 is 0 Å². The van der Waals surface area contributed by atoms with Crippen LogP contribution in [0.4, 0.5) is 0 Å². The van der Waals surface area contributed by atoms with Gasteiger partial charge in [0.25, 0.3) is 0 Å². The standard InChI is InChI=1S/C16H25NO/c1-14(16-5-3-2-4-6-16)7-10-17-11-8-15-9-12-18-13-15/h2-6,14-15,17H,7-13H2,1H3. The highest BCUT2D eigenvalue weighted by Crippen LogP contribution is 2.18. The average Bonchev–Trinajstić information content (AvgIpc) is 2.92. The summed E-state index contributed by atoms with van der Waals surface area (Å²) in [7, 11) is 0. The molecule has 0 aliphatic carbocycles. The minimum Gasteiger partial charge on any atom is -0.381 e. The molecule has 18 heavy (non-hydrogen) atoms. The molecule has 2 nitrogen and oxygen atoms in total. The fourth-order valence-electron chi connectivity index (χ4n) is 2.51. The minimum atomic E-state index is 0.647. The zero-order valence-electron chi connectivity index (χ0n) is 11.4. The molecule has 1 aromatic rings. The molecule has 1 aliphatic heterocycles. The third kappa shape index (κ3) is 4.43. The molecule has 0 aromatic heterocycles. The van der Waals surface area contributed by atoms with Crippen molar-refractivity contribution in [3.05, 3.63) is 35.9 Å². The second kappa shape index (κ2) is 7.55. The Kier molecular flexibility index (Phi) is 5.69. The molecule has 1 aromatic carbocycles. The summed E-state index contributed by atoms with van der Waals surface area (Å²) >= 11 is 0. The minimum absolute atomic E-state index is 0.647. The first kappa shape index (κ1) is 13.6. The molecule has 100 valence electrons. The lowest BCUT2D eigenvalue weighted by Crippen LogP contribution is -2.20. The maximum atomic E-state index is 5.38. The van der Waals surface area contributed by atoms with Crippen LogP contribution in [0.1, 0.15) is 37.7 Å². The van der Waals surface area contributed by atoms with Crippen LogP contribution in [0.15, 0.2) is 30.3 Å². The van der Waals surface area contributed by atoms with Crippen molar-refractivity contribution in [3.63, 3.8) is 0 Å². The Hall–Kier alpha value is -0.860. The summed E-state index contributed by atoms with van der Waals surface area (Å²) in [5.41, 5.74) is 1.45. The topological polar surface area (TPSA) is 21.3 Å². The zero-order valence-corrected chi connectivity index (χ0v) is 11.4. The van der Waals surface area contributed by atoms with E-state index < -0.39 is 0 Å². The summed E-state index contributed by atoms with van der Waals surface area (Å²) < 4.78 is 5.38. The number of rotatable bonds is 7. The summed E-state index contributed by atoms with van der Waals surface area (Å²) in [5.74, 6) is 1.44. The Morgan fingerprint density at radius 1 is 1.28 bits per heavy atom. The molecule has 1 aliphatic rings. The Morgan fingerprint density at radius 2 is 2.11 bits per heavy atom. The summed E-state index contributed by atoms with van der Waals surface area (Å²) in [6, 6.07) is 10.8. The highest BCUT2D eigenvalue weighted by Gasteiger charge is 2.14. The Balaban J connectivity index is 1.55. The molecule has 0 spiro atoms. The van der Waals surface area contributed by atoms with E-state index >= 15 is 0 Å². The number of ether oxygens (including phenoxy) is 1. The maximum Gasteiger partial charge on any atom is 0.0495 e. The first-order valence-corrected chi connectivity index (χ1v) is 7.19. The van der Waals surface area contributed by atoms with Crippen molar-refractivity contribution in [1.29, 1.82) is 0 Å². The van der Waals surface area contributed by atoms with Crippen molar-refractivity contribution < 1.29 is 4.74 Å². The SMILES string of the molecule is CC(CCNCCC1CCOC1)c1ccccc1. The van der Waals surface area contributed by atoms with Crippen LogP contribution in [0, 0.1) is 5.92 Å². The van der Waals surface area contributed by atoms with E-state index in [0.717, 1.165) is 32.2 Å². The van der Waals surface area contributed by atoms with Gasteiger partial charge in [0.05, 0.1) is 0 Å². The van der Waals surface area contributed by atoms with E-state index in [1.165, 1.54) is 24.8 Å². The van der Waals surface area contributed by atoms with Crippen molar-refractivity contribution in [1.82, 2.24) is 5.32 Å². The lowest BCUT2D eigenvalue weighted by molar-refractivity contribution is 0.184. The van der Waals surface area contributed by atoms with Crippen molar-refractivity contribution in [2.75, 3.05) is 26.3 Å². The van der Waals surface area contributed by atoms with Gasteiger partial charge >= 0.3 is 0 Å². The predicted octanol–water partition coefficient (Wildman–Crippen LogP) is 3.20.